The molecular weight excluding hydrogens is 366 g/mol. The Morgan fingerprint density at radius 1 is 1.31 bits per heavy atom. The standard InChI is InChI=1S/C15H25N3O7S/c1-2-10-4-3-5-12(8-10)24-16-14(19)13-7-6-11-9-17(13)15(20)18(11)25-26(21,22)23/h10-13H,2-9H2,1H3,(H,16,19)(H,21,22,23)/t10?,11-,12?,13+/m1/s1. The largest absolute Gasteiger partial charge is 0.418 e. The molecule has 11 heteroatoms. The van der Waals surface area contributed by atoms with Crippen LogP contribution < -0.4 is 5.48 Å². The van der Waals surface area contributed by atoms with Crippen molar-refractivity contribution in [3.63, 3.8) is 0 Å². The lowest BCUT2D eigenvalue weighted by Gasteiger charge is -2.31. The van der Waals surface area contributed by atoms with Crippen molar-refractivity contribution in [2.45, 2.75) is 70.1 Å². The summed E-state index contributed by atoms with van der Waals surface area (Å²) in [6.45, 7) is 2.30. The second kappa shape index (κ2) is 7.67. The number of rotatable bonds is 6. The van der Waals surface area contributed by atoms with Crippen LogP contribution in [-0.2, 0) is 24.3 Å². The van der Waals surface area contributed by atoms with E-state index in [-0.39, 0.29) is 12.6 Å². The molecule has 2 heterocycles. The minimum Gasteiger partial charge on any atom is -0.309 e. The second-order valence-corrected chi connectivity index (χ2v) is 8.16. The highest BCUT2D eigenvalue weighted by Gasteiger charge is 2.49. The molecule has 0 spiro atoms. The van der Waals surface area contributed by atoms with E-state index >= 15 is 0 Å². The molecule has 10 nitrogen and oxygen atoms in total. The lowest BCUT2D eigenvalue weighted by atomic mass is 9.86. The van der Waals surface area contributed by atoms with Crippen LogP contribution in [0.2, 0.25) is 0 Å². The van der Waals surface area contributed by atoms with E-state index in [9.17, 15) is 18.0 Å². The number of carbonyl (C=O) groups is 2. The van der Waals surface area contributed by atoms with Gasteiger partial charge in [-0.25, -0.2) is 10.3 Å². The fourth-order valence-corrected chi connectivity index (χ4v) is 4.42. The summed E-state index contributed by atoms with van der Waals surface area (Å²) in [5.74, 6) is 0.177. The zero-order chi connectivity index (χ0) is 18.9. The van der Waals surface area contributed by atoms with Crippen LogP contribution in [0, 0.1) is 5.92 Å². The van der Waals surface area contributed by atoms with Gasteiger partial charge in [0.1, 0.15) is 6.04 Å². The second-order valence-electron chi connectivity index (χ2n) is 7.16. The summed E-state index contributed by atoms with van der Waals surface area (Å²) in [7, 11) is -4.80. The van der Waals surface area contributed by atoms with Crippen LogP contribution in [0.4, 0.5) is 4.79 Å². The molecule has 2 aliphatic heterocycles. The molecule has 3 rings (SSSR count). The topological polar surface area (TPSA) is 125 Å². The summed E-state index contributed by atoms with van der Waals surface area (Å²) in [6, 6.07) is -2.02. The molecule has 0 aromatic carbocycles. The molecule has 1 saturated carbocycles. The average molecular weight is 391 g/mol. The maximum Gasteiger partial charge on any atom is 0.418 e. The van der Waals surface area contributed by atoms with Gasteiger partial charge in [0.25, 0.3) is 5.91 Å². The van der Waals surface area contributed by atoms with Gasteiger partial charge in [0.15, 0.2) is 0 Å². The maximum atomic E-state index is 12.5. The minimum absolute atomic E-state index is 0.0253. The van der Waals surface area contributed by atoms with Crippen molar-refractivity contribution in [1.82, 2.24) is 15.4 Å². The van der Waals surface area contributed by atoms with E-state index in [1.54, 1.807) is 0 Å². The number of hydrogen-bond acceptors (Lipinski definition) is 6. The molecule has 0 radical (unpaired) electrons. The Bertz CT molecular complexity index is 656. The summed E-state index contributed by atoms with van der Waals surface area (Å²) < 4.78 is 34.9. The fourth-order valence-electron chi connectivity index (χ4n) is 4.03. The first-order valence-corrected chi connectivity index (χ1v) is 10.4. The van der Waals surface area contributed by atoms with Gasteiger partial charge in [-0.3, -0.25) is 14.2 Å². The van der Waals surface area contributed by atoms with Crippen molar-refractivity contribution in [3.8, 4) is 0 Å². The summed E-state index contributed by atoms with van der Waals surface area (Å²) >= 11 is 0. The normalized spacial score (nSPS) is 32.0. The summed E-state index contributed by atoms with van der Waals surface area (Å²) in [5.41, 5.74) is 2.47. The molecule has 26 heavy (non-hydrogen) atoms. The van der Waals surface area contributed by atoms with Crippen molar-refractivity contribution in [2.75, 3.05) is 6.54 Å². The van der Waals surface area contributed by atoms with Crippen molar-refractivity contribution in [1.29, 1.82) is 0 Å². The molecule has 4 atom stereocenters. The monoisotopic (exact) mass is 391 g/mol. The van der Waals surface area contributed by atoms with E-state index in [4.69, 9.17) is 9.39 Å². The van der Waals surface area contributed by atoms with Gasteiger partial charge in [-0.2, -0.15) is 13.5 Å². The first kappa shape index (κ1) is 19.3. The number of amides is 3. The lowest BCUT2D eigenvalue weighted by Crippen LogP contribution is -2.50. The van der Waals surface area contributed by atoms with E-state index in [0.717, 1.165) is 25.7 Å². The lowest BCUT2D eigenvalue weighted by molar-refractivity contribution is -0.146. The maximum absolute atomic E-state index is 12.5. The molecule has 3 fully saturated rings. The Balaban J connectivity index is 1.55. The van der Waals surface area contributed by atoms with Gasteiger partial charge >= 0.3 is 16.4 Å². The Labute approximate surface area is 152 Å². The molecule has 2 saturated heterocycles. The molecule has 3 aliphatic rings. The van der Waals surface area contributed by atoms with Crippen molar-refractivity contribution >= 4 is 22.3 Å². The summed E-state index contributed by atoms with van der Waals surface area (Å²) in [6.07, 6.45) is 5.85. The van der Waals surface area contributed by atoms with Crippen LogP contribution in [0.25, 0.3) is 0 Å². The van der Waals surface area contributed by atoms with Gasteiger partial charge in [-0.1, -0.05) is 26.2 Å². The van der Waals surface area contributed by atoms with E-state index in [1.165, 1.54) is 11.3 Å². The first-order chi connectivity index (χ1) is 12.3. The van der Waals surface area contributed by atoms with Crippen LogP contribution in [0.15, 0.2) is 0 Å². The third kappa shape index (κ3) is 4.27. The van der Waals surface area contributed by atoms with Crippen molar-refractivity contribution < 1.29 is 31.7 Å². The Morgan fingerprint density at radius 2 is 2.08 bits per heavy atom. The number of hydroxylamine groups is 3. The van der Waals surface area contributed by atoms with E-state index < -0.39 is 34.4 Å². The van der Waals surface area contributed by atoms with E-state index in [2.05, 4.69) is 16.7 Å². The summed E-state index contributed by atoms with van der Waals surface area (Å²) in [5, 5.41) is 0.621. The van der Waals surface area contributed by atoms with Crippen LogP contribution >= 0.6 is 0 Å². The van der Waals surface area contributed by atoms with Gasteiger partial charge in [-0.05, 0) is 31.6 Å². The first-order valence-electron chi connectivity index (χ1n) is 9.00. The highest BCUT2D eigenvalue weighted by atomic mass is 32.3. The highest BCUT2D eigenvalue weighted by molar-refractivity contribution is 7.80. The van der Waals surface area contributed by atoms with Crippen LogP contribution in [0.1, 0.15) is 51.9 Å². The van der Waals surface area contributed by atoms with Crippen molar-refractivity contribution in [3.05, 3.63) is 0 Å². The Morgan fingerprint density at radius 3 is 2.77 bits per heavy atom. The number of nitrogens with zero attached hydrogens (tertiary/aromatic N) is 2. The SMILES string of the molecule is CCC1CCCC(ONC(=O)[C@@H]2CC[C@@H]3CN2C(=O)N3OS(=O)(=O)O)C1. The summed E-state index contributed by atoms with van der Waals surface area (Å²) in [4.78, 5) is 31.6. The highest BCUT2D eigenvalue weighted by Crippen LogP contribution is 2.31. The van der Waals surface area contributed by atoms with E-state index in [1.807, 2.05) is 0 Å². The van der Waals surface area contributed by atoms with Gasteiger partial charge in [-0.15, -0.1) is 4.28 Å². The molecule has 0 aromatic rings. The smallest absolute Gasteiger partial charge is 0.309 e. The van der Waals surface area contributed by atoms with Crippen LogP contribution in [-0.4, -0.2) is 59.6 Å². The zero-order valence-electron chi connectivity index (χ0n) is 14.7. The quantitative estimate of drug-likeness (QED) is 0.511. The number of carbonyl (C=O) groups excluding carboxylic acids is 2. The predicted octanol–water partition coefficient (Wildman–Crippen LogP) is 1.01. The fraction of sp³-hybridized carbons (Fsp3) is 0.867. The third-order valence-electron chi connectivity index (χ3n) is 5.44. The number of hydrogen-bond donors (Lipinski definition) is 2. The van der Waals surface area contributed by atoms with Gasteiger partial charge in [0, 0.05) is 6.54 Å². The minimum atomic E-state index is -4.80. The number of nitrogens with one attached hydrogen (secondary N) is 1. The Kier molecular flexibility index (Phi) is 5.70. The number of fused-ring (bicyclic) bond motifs is 2. The molecular formula is C15H25N3O7S. The average Bonchev–Trinajstić information content (AvgIpc) is 2.83. The van der Waals surface area contributed by atoms with E-state index in [0.29, 0.717) is 23.8 Å². The number of urea groups is 1. The van der Waals surface area contributed by atoms with Gasteiger partial charge in [0.2, 0.25) is 0 Å². The zero-order valence-corrected chi connectivity index (χ0v) is 15.5. The van der Waals surface area contributed by atoms with Gasteiger partial charge < -0.3 is 4.90 Å². The molecule has 0 aromatic heterocycles. The van der Waals surface area contributed by atoms with Crippen molar-refractivity contribution in [2.24, 2.45) is 5.92 Å². The molecule has 2 N–H and O–H groups in total. The molecule has 1 aliphatic carbocycles. The number of piperidine rings is 1. The predicted molar refractivity (Wildman–Crippen MR) is 88.6 cm³/mol. The molecule has 2 bridgehead atoms. The third-order valence-corrected chi connectivity index (χ3v) is 5.79. The van der Waals surface area contributed by atoms with Crippen LogP contribution in [0.5, 0.6) is 0 Å². The molecule has 3 amide bonds. The molecule has 148 valence electrons. The van der Waals surface area contributed by atoms with Gasteiger partial charge in [0.05, 0.1) is 12.1 Å². The van der Waals surface area contributed by atoms with Crippen LogP contribution in [0.3, 0.4) is 0 Å². The molecule has 2 unspecified atom stereocenters. The Hall–Kier alpha value is -1.43.